The predicted octanol–water partition coefficient (Wildman–Crippen LogP) is 2.79. The minimum absolute atomic E-state index is 0.0659. The fourth-order valence-corrected chi connectivity index (χ4v) is 4.03. The molecule has 32 heavy (non-hydrogen) atoms. The van der Waals surface area contributed by atoms with E-state index in [9.17, 15) is 4.79 Å². The van der Waals surface area contributed by atoms with Gasteiger partial charge >= 0.3 is 0 Å². The number of hydrogen-bond donors (Lipinski definition) is 2. The molecule has 2 aliphatic heterocycles. The number of nitrogens with zero attached hydrogens (tertiary/aromatic N) is 2. The molecule has 1 atom stereocenters. The zero-order chi connectivity index (χ0) is 22.6. The summed E-state index contributed by atoms with van der Waals surface area (Å²) < 4.78 is 16.5. The molecule has 2 saturated heterocycles. The van der Waals surface area contributed by atoms with Crippen LogP contribution in [0.1, 0.15) is 44.6 Å². The summed E-state index contributed by atoms with van der Waals surface area (Å²) in [4.78, 5) is 19.5. The van der Waals surface area contributed by atoms with E-state index < -0.39 is 0 Å². The lowest BCUT2D eigenvalue weighted by Gasteiger charge is -2.34. The Morgan fingerprint density at radius 2 is 2.09 bits per heavy atom. The van der Waals surface area contributed by atoms with Gasteiger partial charge in [0.25, 0.3) is 5.91 Å². The highest BCUT2D eigenvalue weighted by molar-refractivity contribution is 5.94. The van der Waals surface area contributed by atoms with E-state index in [1.54, 1.807) is 7.11 Å². The summed E-state index contributed by atoms with van der Waals surface area (Å²) in [7, 11) is 1.72. The number of nitrogens with one attached hydrogen (secondary N) is 2. The van der Waals surface area contributed by atoms with E-state index >= 15 is 0 Å². The van der Waals surface area contributed by atoms with Crippen LogP contribution in [0.15, 0.2) is 29.3 Å². The van der Waals surface area contributed by atoms with Crippen molar-refractivity contribution in [1.82, 2.24) is 10.2 Å². The number of carbonyl (C=O) groups excluding carboxylic acids is 1. The average molecular weight is 447 g/mol. The van der Waals surface area contributed by atoms with E-state index in [1.165, 1.54) is 0 Å². The van der Waals surface area contributed by atoms with Crippen molar-refractivity contribution >= 4 is 17.6 Å². The van der Waals surface area contributed by atoms with Crippen LogP contribution in [-0.4, -0.2) is 75.5 Å². The molecule has 1 aromatic rings. The number of piperidine rings is 1. The van der Waals surface area contributed by atoms with Crippen molar-refractivity contribution in [3.8, 4) is 0 Å². The minimum atomic E-state index is -0.330. The van der Waals surface area contributed by atoms with Gasteiger partial charge in [0, 0.05) is 52.3 Å². The maximum absolute atomic E-state index is 12.3. The molecule has 1 aromatic carbocycles. The van der Waals surface area contributed by atoms with Gasteiger partial charge in [-0.1, -0.05) is 12.1 Å². The molecule has 8 nitrogen and oxygen atoms in total. The van der Waals surface area contributed by atoms with E-state index in [4.69, 9.17) is 19.2 Å². The van der Waals surface area contributed by atoms with Gasteiger partial charge in [-0.25, -0.2) is 4.99 Å². The molecule has 2 N–H and O–H groups in total. The van der Waals surface area contributed by atoms with Crippen LogP contribution in [0, 0.1) is 0 Å². The van der Waals surface area contributed by atoms with Crippen molar-refractivity contribution in [1.29, 1.82) is 0 Å². The molecular formula is C24H38N4O4. The smallest absolute Gasteiger partial charge is 0.253 e. The second-order valence-electron chi connectivity index (χ2n) is 8.27. The highest BCUT2D eigenvalue weighted by Gasteiger charge is 2.24. The Kier molecular flexibility index (Phi) is 10.3. The lowest BCUT2D eigenvalue weighted by molar-refractivity contribution is -0.124. The minimum Gasteiger partial charge on any atom is -0.385 e. The van der Waals surface area contributed by atoms with Gasteiger partial charge in [0.2, 0.25) is 0 Å². The number of rotatable bonds is 10. The van der Waals surface area contributed by atoms with Crippen LogP contribution in [0.5, 0.6) is 0 Å². The van der Waals surface area contributed by atoms with Crippen molar-refractivity contribution in [3.05, 3.63) is 29.8 Å². The average Bonchev–Trinajstić information content (AvgIpc) is 3.36. The Labute approximate surface area is 191 Å². The summed E-state index contributed by atoms with van der Waals surface area (Å²) in [5.74, 6) is 0.864. The van der Waals surface area contributed by atoms with Crippen LogP contribution in [0.2, 0.25) is 0 Å². The summed E-state index contributed by atoms with van der Waals surface area (Å²) in [6.07, 6.45) is 4.66. The van der Waals surface area contributed by atoms with E-state index in [0.29, 0.717) is 19.3 Å². The Morgan fingerprint density at radius 3 is 2.81 bits per heavy atom. The number of carbonyl (C=O) groups is 1. The molecule has 2 fully saturated rings. The molecule has 0 bridgehead atoms. The zero-order valence-electron chi connectivity index (χ0n) is 19.5. The van der Waals surface area contributed by atoms with Crippen LogP contribution in [0.25, 0.3) is 0 Å². The maximum atomic E-state index is 12.3. The normalized spacial score (nSPS) is 19.9. The summed E-state index contributed by atoms with van der Waals surface area (Å²) in [6, 6.07) is 7.88. The fraction of sp³-hybridized carbons (Fsp3) is 0.667. The molecule has 0 aromatic heterocycles. The third-order valence-electron chi connectivity index (χ3n) is 5.75. The number of guanidine groups is 1. The molecule has 0 radical (unpaired) electrons. The Balaban J connectivity index is 1.51. The number of hydrogen-bond acceptors (Lipinski definition) is 5. The van der Waals surface area contributed by atoms with Gasteiger partial charge < -0.3 is 29.7 Å². The molecule has 2 aliphatic rings. The second kappa shape index (κ2) is 13.4. The molecule has 0 saturated carbocycles. The molecule has 178 valence electrons. The largest absolute Gasteiger partial charge is 0.385 e. The number of aliphatic imine (C=N–C) groups is 1. The van der Waals surface area contributed by atoms with Crippen LogP contribution in [-0.2, 0) is 25.5 Å². The first-order chi connectivity index (χ1) is 15.7. The van der Waals surface area contributed by atoms with Gasteiger partial charge in [0.1, 0.15) is 6.10 Å². The molecule has 0 aliphatic carbocycles. The molecule has 1 amide bonds. The lowest BCUT2D eigenvalue weighted by atomic mass is 10.1. The van der Waals surface area contributed by atoms with Crippen molar-refractivity contribution in [2.75, 3.05) is 51.9 Å². The van der Waals surface area contributed by atoms with E-state index in [2.05, 4.69) is 22.5 Å². The Morgan fingerprint density at radius 1 is 1.25 bits per heavy atom. The predicted molar refractivity (Wildman–Crippen MR) is 126 cm³/mol. The lowest BCUT2D eigenvalue weighted by Crippen LogP contribution is -2.47. The van der Waals surface area contributed by atoms with Gasteiger partial charge in [0.05, 0.1) is 12.6 Å². The first kappa shape index (κ1) is 24.5. The number of anilines is 1. The van der Waals surface area contributed by atoms with Gasteiger partial charge in [-0.15, -0.1) is 0 Å². The van der Waals surface area contributed by atoms with Crippen LogP contribution in [0.3, 0.4) is 0 Å². The highest BCUT2D eigenvalue weighted by Crippen LogP contribution is 2.18. The molecule has 8 heteroatoms. The zero-order valence-corrected chi connectivity index (χ0v) is 19.5. The fourth-order valence-electron chi connectivity index (χ4n) is 4.03. The highest BCUT2D eigenvalue weighted by atomic mass is 16.5. The first-order valence-electron chi connectivity index (χ1n) is 11.8. The standard InChI is InChI=1S/C24H38N4O4/c1-3-25-24(28-12-10-21(11-13-28)31-16-6-14-30-2)26-18-19-7-4-8-20(17-19)27-23(29)22-9-5-15-32-22/h4,7-8,17,21-22H,3,5-6,9-16,18H2,1-2H3,(H,25,26)(H,27,29). The van der Waals surface area contributed by atoms with Crippen LogP contribution >= 0.6 is 0 Å². The van der Waals surface area contributed by atoms with Gasteiger partial charge in [-0.2, -0.15) is 0 Å². The second-order valence-corrected chi connectivity index (χ2v) is 8.27. The topological polar surface area (TPSA) is 84.4 Å². The van der Waals surface area contributed by atoms with E-state index in [1.807, 2.05) is 24.3 Å². The monoisotopic (exact) mass is 446 g/mol. The third kappa shape index (κ3) is 7.76. The summed E-state index contributed by atoms with van der Waals surface area (Å²) >= 11 is 0. The van der Waals surface area contributed by atoms with Gasteiger partial charge in [0.15, 0.2) is 5.96 Å². The van der Waals surface area contributed by atoms with Crippen LogP contribution in [0.4, 0.5) is 5.69 Å². The SMILES string of the molecule is CCNC(=NCc1cccc(NC(=O)C2CCCO2)c1)N1CCC(OCCCOC)CC1. The maximum Gasteiger partial charge on any atom is 0.253 e. The first-order valence-corrected chi connectivity index (χ1v) is 11.8. The summed E-state index contributed by atoms with van der Waals surface area (Å²) in [5, 5.41) is 6.38. The van der Waals surface area contributed by atoms with Crippen molar-refractivity contribution in [2.24, 2.45) is 4.99 Å². The number of amides is 1. The molecule has 0 spiro atoms. The van der Waals surface area contributed by atoms with E-state index in [-0.39, 0.29) is 12.0 Å². The number of benzene rings is 1. The van der Waals surface area contributed by atoms with Crippen LogP contribution < -0.4 is 10.6 Å². The third-order valence-corrected chi connectivity index (χ3v) is 5.75. The van der Waals surface area contributed by atoms with Crippen molar-refractivity contribution in [3.63, 3.8) is 0 Å². The van der Waals surface area contributed by atoms with Crippen molar-refractivity contribution < 1.29 is 19.0 Å². The van der Waals surface area contributed by atoms with Gasteiger partial charge in [-0.05, 0) is 56.7 Å². The molecule has 2 heterocycles. The number of ether oxygens (including phenoxy) is 3. The van der Waals surface area contributed by atoms with Crippen molar-refractivity contribution in [2.45, 2.75) is 57.8 Å². The number of methoxy groups -OCH3 is 1. The Bertz CT molecular complexity index is 728. The Hall–Kier alpha value is -2.16. The quantitative estimate of drug-likeness (QED) is 0.327. The summed E-state index contributed by atoms with van der Waals surface area (Å²) in [6.45, 7) is 7.49. The van der Waals surface area contributed by atoms with Gasteiger partial charge in [-0.3, -0.25) is 4.79 Å². The summed E-state index contributed by atoms with van der Waals surface area (Å²) in [5.41, 5.74) is 1.84. The molecule has 1 unspecified atom stereocenters. The molecule has 3 rings (SSSR count). The molecular weight excluding hydrogens is 408 g/mol. The number of likely N-dealkylation sites (tertiary alicyclic amines) is 1. The van der Waals surface area contributed by atoms with E-state index in [0.717, 1.165) is 82.2 Å².